The van der Waals surface area contributed by atoms with Crippen molar-refractivity contribution in [1.29, 1.82) is 0 Å². The minimum absolute atomic E-state index is 0.00593. The van der Waals surface area contributed by atoms with Gasteiger partial charge in [0.05, 0.1) is 17.0 Å². The van der Waals surface area contributed by atoms with Gasteiger partial charge in [-0.15, -0.1) is 10.2 Å². The fourth-order valence-corrected chi connectivity index (χ4v) is 3.74. The number of nitro benzene ring substituents is 1. The quantitative estimate of drug-likeness (QED) is 0.456. The Morgan fingerprint density at radius 2 is 1.72 bits per heavy atom. The Morgan fingerprint density at radius 1 is 1.03 bits per heavy atom. The van der Waals surface area contributed by atoms with E-state index >= 15 is 0 Å². The number of hydrogen-bond donors (Lipinski definition) is 1. The number of aromatic nitrogens is 2. The number of rotatable bonds is 6. The number of benzene rings is 2. The van der Waals surface area contributed by atoms with Gasteiger partial charge >= 0.3 is 0 Å². The Labute approximate surface area is 186 Å². The van der Waals surface area contributed by atoms with E-state index in [4.69, 9.17) is 0 Å². The summed E-state index contributed by atoms with van der Waals surface area (Å²) in [6.45, 7) is 4.32. The maximum Gasteiger partial charge on any atom is 0.269 e. The van der Waals surface area contributed by atoms with Gasteiger partial charge in [0.15, 0.2) is 5.82 Å². The van der Waals surface area contributed by atoms with Crippen LogP contribution in [0.5, 0.6) is 0 Å². The number of nitrogens with one attached hydrogen (secondary N) is 1. The van der Waals surface area contributed by atoms with Crippen LogP contribution in [0, 0.1) is 16.0 Å². The van der Waals surface area contributed by atoms with Gasteiger partial charge in [-0.05, 0) is 48.6 Å². The van der Waals surface area contributed by atoms with Crippen LogP contribution in [0.2, 0.25) is 0 Å². The molecular formula is C24H25N5O3. The highest BCUT2D eigenvalue weighted by atomic mass is 16.6. The van der Waals surface area contributed by atoms with E-state index in [2.05, 4.69) is 27.3 Å². The van der Waals surface area contributed by atoms with Crippen LogP contribution in [0.15, 0.2) is 60.7 Å². The zero-order valence-corrected chi connectivity index (χ0v) is 17.9. The van der Waals surface area contributed by atoms with Crippen molar-refractivity contribution in [2.45, 2.75) is 26.2 Å². The Kier molecular flexibility index (Phi) is 6.39. The summed E-state index contributed by atoms with van der Waals surface area (Å²) >= 11 is 0. The summed E-state index contributed by atoms with van der Waals surface area (Å²) in [5.41, 5.74) is 3.09. The largest absolute Gasteiger partial charge is 0.355 e. The molecule has 1 aliphatic heterocycles. The predicted octanol–water partition coefficient (Wildman–Crippen LogP) is 4.47. The van der Waals surface area contributed by atoms with Crippen LogP contribution in [0.1, 0.15) is 25.3 Å². The second-order valence-corrected chi connectivity index (χ2v) is 8.17. The van der Waals surface area contributed by atoms with Gasteiger partial charge in [0.2, 0.25) is 5.91 Å². The van der Waals surface area contributed by atoms with E-state index in [-0.39, 0.29) is 18.0 Å². The van der Waals surface area contributed by atoms with Crippen LogP contribution in [-0.2, 0) is 11.2 Å². The predicted molar refractivity (Wildman–Crippen MR) is 124 cm³/mol. The average Bonchev–Trinajstić information content (AvgIpc) is 2.80. The molecule has 164 valence electrons. The molecule has 8 heteroatoms. The second-order valence-electron chi connectivity index (χ2n) is 8.17. The maximum atomic E-state index is 12.3. The molecule has 4 rings (SSSR count). The fraction of sp³-hybridized carbons (Fsp3) is 0.292. The van der Waals surface area contributed by atoms with Gasteiger partial charge in [0.1, 0.15) is 0 Å². The minimum Gasteiger partial charge on any atom is -0.355 e. The molecule has 1 aliphatic rings. The summed E-state index contributed by atoms with van der Waals surface area (Å²) < 4.78 is 0. The number of piperidine rings is 1. The molecule has 0 radical (unpaired) electrons. The van der Waals surface area contributed by atoms with Crippen molar-refractivity contribution in [3.8, 4) is 11.3 Å². The summed E-state index contributed by atoms with van der Waals surface area (Å²) in [5, 5.41) is 22.4. The molecule has 0 aliphatic carbocycles. The standard InChI is InChI=1S/C24H25N5O3/c1-17-12-14-28(15-13-17)23-11-10-22(26-27-23)19-4-6-20(7-5-19)25-24(30)16-18-2-8-21(9-3-18)29(31)32/h2-11,17H,12-16H2,1H3,(H,25,30). The lowest BCUT2D eigenvalue weighted by Crippen LogP contribution is -2.33. The first-order valence-electron chi connectivity index (χ1n) is 10.7. The maximum absolute atomic E-state index is 12.3. The summed E-state index contributed by atoms with van der Waals surface area (Å²) in [7, 11) is 0. The normalized spacial score (nSPS) is 14.2. The molecular weight excluding hydrogens is 406 g/mol. The van der Waals surface area contributed by atoms with Gasteiger partial charge in [-0.3, -0.25) is 14.9 Å². The van der Waals surface area contributed by atoms with E-state index in [1.165, 1.54) is 25.0 Å². The van der Waals surface area contributed by atoms with Gasteiger partial charge in [0.25, 0.3) is 5.69 Å². The molecule has 0 saturated carbocycles. The lowest BCUT2D eigenvalue weighted by Gasteiger charge is -2.30. The van der Waals surface area contributed by atoms with Crippen LogP contribution in [0.4, 0.5) is 17.2 Å². The lowest BCUT2D eigenvalue weighted by molar-refractivity contribution is -0.384. The topological polar surface area (TPSA) is 101 Å². The zero-order valence-electron chi connectivity index (χ0n) is 17.9. The molecule has 1 amide bonds. The molecule has 1 N–H and O–H groups in total. The van der Waals surface area contributed by atoms with E-state index in [1.807, 2.05) is 36.4 Å². The first kappa shape index (κ1) is 21.4. The van der Waals surface area contributed by atoms with Crippen LogP contribution in [0.25, 0.3) is 11.3 Å². The van der Waals surface area contributed by atoms with Gasteiger partial charge in [-0.1, -0.05) is 31.2 Å². The van der Waals surface area contributed by atoms with Gasteiger partial charge in [-0.2, -0.15) is 0 Å². The molecule has 3 aromatic rings. The van der Waals surface area contributed by atoms with Crippen LogP contribution in [-0.4, -0.2) is 34.1 Å². The van der Waals surface area contributed by atoms with E-state index in [1.54, 1.807) is 12.1 Å². The van der Waals surface area contributed by atoms with E-state index in [0.29, 0.717) is 11.3 Å². The van der Waals surface area contributed by atoms with Crippen molar-refractivity contribution in [3.63, 3.8) is 0 Å². The van der Waals surface area contributed by atoms with E-state index in [9.17, 15) is 14.9 Å². The van der Waals surface area contributed by atoms with Crippen molar-refractivity contribution in [2.24, 2.45) is 5.92 Å². The number of non-ortho nitro benzene ring substituents is 1. The smallest absolute Gasteiger partial charge is 0.269 e. The third kappa shape index (κ3) is 5.26. The van der Waals surface area contributed by atoms with Gasteiger partial charge in [0, 0.05) is 36.5 Å². The molecule has 1 saturated heterocycles. The summed E-state index contributed by atoms with van der Waals surface area (Å²) in [5.74, 6) is 1.49. The minimum atomic E-state index is -0.461. The number of nitrogens with zero attached hydrogens (tertiary/aromatic N) is 4. The lowest BCUT2D eigenvalue weighted by atomic mass is 9.99. The molecule has 2 aromatic carbocycles. The molecule has 2 heterocycles. The van der Waals surface area contributed by atoms with Gasteiger partial charge in [-0.25, -0.2) is 0 Å². The molecule has 1 aromatic heterocycles. The Morgan fingerprint density at radius 3 is 2.31 bits per heavy atom. The van der Waals surface area contributed by atoms with Crippen LogP contribution in [0.3, 0.4) is 0 Å². The number of amides is 1. The van der Waals surface area contributed by atoms with Crippen LogP contribution < -0.4 is 10.2 Å². The molecule has 32 heavy (non-hydrogen) atoms. The van der Waals surface area contributed by atoms with E-state index < -0.39 is 4.92 Å². The van der Waals surface area contributed by atoms with Crippen molar-refractivity contribution < 1.29 is 9.72 Å². The molecule has 0 atom stereocenters. The molecule has 0 unspecified atom stereocenters. The summed E-state index contributed by atoms with van der Waals surface area (Å²) in [6.07, 6.45) is 2.50. The van der Waals surface area contributed by atoms with E-state index in [0.717, 1.165) is 36.1 Å². The van der Waals surface area contributed by atoms with Crippen LogP contribution >= 0.6 is 0 Å². The van der Waals surface area contributed by atoms with Crippen molar-refractivity contribution in [1.82, 2.24) is 10.2 Å². The number of hydrogen-bond acceptors (Lipinski definition) is 6. The highest BCUT2D eigenvalue weighted by Crippen LogP contribution is 2.24. The zero-order chi connectivity index (χ0) is 22.5. The SMILES string of the molecule is CC1CCN(c2ccc(-c3ccc(NC(=O)Cc4ccc([N+](=O)[O-])cc4)cc3)nn2)CC1. The fourth-order valence-electron chi connectivity index (χ4n) is 3.74. The molecule has 1 fully saturated rings. The van der Waals surface area contributed by atoms with Crippen molar-refractivity contribution in [3.05, 3.63) is 76.3 Å². The monoisotopic (exact) mass is 431 g/mol. The number of anilines is 2. The third-order valence-corrected chi connectivity index (χ3v) is 5.73. The van der Waals surface area contributed by atoms with Crippen molar-refractivity contribution >= 4 is 23.1 Å². The summed E-state index contributed by atoms with van der Waals surface area (Å²) in [4.78, 5) is 24.8. The average molecular weight is 431 g/mol. The van der Waals surface area contributed by atoms with Crippen molar-refractivity contribution in [2.75, 3.05) is 23.3 Å². The Bertz CT molecular complexity index is 1070. The number of carbonyl (C=O) groups excluding carboxylic acids is 1. The Balaban J connectivity index is 1.34. The molecule has 0 spiro atoms. The Hall–Kier alpha value is -3.81. The number of nitro groups is 1. The molecule has 8 nitrogen and oxygen atoms in total. The third-order valence-electron chi connectivity index (χ3n) is 5.73. The highest BCUT2D eigenvalue weighted by molar-refractivity contribution is 5.92. The highest BCUT2D eigenvalue weighted by Gasteiger charge is 2.17. The first-order chi connectivity index (χ1) is 15.5. The molecule has 0 bridgehead atoms. The first-order valence-corrected chi connectivity index (χ1v) is 10.7. The second kappa shape index (κ2) is 9.55. The summed E-state index contributed by atoms with van der Waals surface area (Å²) in [6, 6.07) is 17.4. The number of carbonyl (C=O) groups is 1. The van der Waals surface area contributed by atoms with Gasteiger partial charge < -0.3 is 10.2 Å².